The quantitative estimate of drug-likeness (QED) is 0.389. The maximum absolute atomic E-state index is 5.81. The molecular formula is C9H13ClN2O2. The summed E-state index contributed by atoms with van der Waals surface area (Å²) >= 11 is 5.81. The second-order valence-corrected chi connectivity index (χ2v) is 2.75. The Balaban J connectivity index is 4.29. The van der Waals surface area contributed by atoms with Gasteiger partial charge in [0.1, 0.15) is 11.8 Å². The van der Waals surface area contributed by atoms with E-state index in [9.17, 15) is 0 Å². The van der Waals surface area contributed by atoms with E-state index in [1.54, 1.807) is 6.92 Å². The van der Waals surface area contributed by atoms with Gasteiger partial charge in [-0.25, -0.2) is 14.8 Å². The summed E-state index contributed by atoms with van der Waals surface area (Å²) < 4.78 is 0. The van der Waals surface area contributed by atoms with Crippen LogP contribution in [0.2, 0.25) is 0 Å². The van der Waals surface area contributed by atoms with Crippen molar-refractivity contribution in [2.45, 2.75) is 6.92 Å². The van der Waals surface area contributed by atoms with Gasteiger partial charge in [0.2, 0.25) is 0 Å². The zero-order chi connectivity index (χ0) is 11.0. The lowest BCUT2D eigenvalue weighted by atomic mass is 10.3. The normalized spacial score (nSPS) is 12.8. The first-order valence-electron chi connectivity index (χ1n) is 3.82. The highest BCUT2D eigenvalue weighted by Gasteiger charge is 2.01. The first-order valence-corrected chi connectivity index (χ1v) is 4.20. The van der Waals surface area contributed by atoms with Crippen LogP contribution in [0.5, 0.6) is 0 Å². The third-order valence-electron chi connectivity index (χ3n) is 1.20. The second kappa shape index (κ2) is 7.44. The fraction of sp³-hybridized carbons (Fsp3) is 0.333. The maximum atomic E-state index is 5.81. The van der Waals surface area contributed by atoms with E-state index < -0.39 is 0 Å². The molecule has 0 aliphatic heterocycles. The number of aliphatic imine (C=N–C) groups is 2. The van der Waals surface area contributed by atoms with Crippen LogP contribution in [0.4, 0.5) is 0 Å². The standard InChI is InChI=1S/C9H13ClN2O2/c1-7(6-14-13-4)9(10)12-8(2)5-11-3/h5H,1,3,6H2,2,4H3/b8-5+,12-9+. The molecule has 0 N–H and O–H groups in total. The lowest BCUT2D eigenvalue weighted by Crippen LogP contribution is -2.02. The minimum atomic E-state index is 0.174. The van der Waals surface area contributed by atoms with Gasteiger partial charge in [-0.2, -0.15) is 0 Å². The smallest absolute Gasteiger partial charge is 0.134 e. The van der Waals surface area contributed by atoms with Crippen molar-refractivity contribution in [1.82, 2.24) is 0 Å². The highest BCUT2D eigenvalue weighted by Crippen LogP contribution is 2.06. The van der Waals surface area contributed by atoms with Crippen LogP contribution in [-0.2, 0) is 9.78 Å². The van der Waals surface area contributed by atoms with E-state index in [1.807, 2.05) is 0 Å². The lowest BCUT2D eigenvalue weighted by Gasteiger charge is -2.02. The van der Waals surface area contributed by atoms with Crippen molar-refractivity contribution in [1.29, 1.82) is 0 Å². The summed E-state index contributed by atoms with van der Waals surface area (Å²) in [4.78, 5) is 16.6. The molecular weight excluding hydrogens is 204 g/mol. The van der Waals surface area contributed by atoms with Gasteiger partial charge in [-0.15, -0.1) is 0 Å². The SMILES string of the molecule is C=N/C=C(C)/N=C(/Cl)C(=C)COOC. The Morgan fingerprint density at radius 3 is 2.71 bits per heavy atom. The summed E-state index contributed by atoms with van der Waals surface area (Å²) in [6, 6.07) is 0. The van der Waals surface area contributed by atoms with Crippen LogP contribution < -0.4 is 0 Å². The van der Waals surface area contributed by atoms with Gasteiger partial charge in [-0.3, -0.25) is 4.99 Å². The van der Waals surface area contributed by atoms with E-state index in [1.165, 1.54) is 13.3 Å². The molecule has 0 aliphatic carbocycles. The first kappa shape index (κ1) is 13.0. The molecule has 0 radical (unpaired) electrons. The van der Waals surface area contributed by atoms with Crippen molar-refractivity contribution in [2.24, 2.45) is 9.98 Å². The summed E-state index contributed by atoms with van der Waals surface area (Å²) in [5, 5.41) is 0.263. The van der Waals surface area contributed by atoms with Crippen molar-refractivity contribution in [3.8, 4) is 0 Å². The average molecular weight is 217 g/mol. The molecule has 0 rings (SSSR count). The summed E-state index contributed by atoms with van der Waals surface area (Å²) in [7, 11) is 1.41. The Kier molecular flexibility index (Phi) is 6.92. The molecule has 78 valence electrons. The Bertz CT molecular complexity index is 272. The Morgan fingerprint density at radius 2 is 2.21 bits per heavy atom. The predicted octanol–water partition coefficient (Wildman–Crippen LogP) is 2.32. The molecule has 0 atom stereocenters. The number of hydrogen-bond donors (Lipinski definition) is 0. The Labute approximate surface area is 88.5 Å². The summed E-state index contributed by atoms with van der Waals surface area (Å²) in [6.45, 7) is 8.89. The molecule has 5 heteroatoms. The van der Waals surface area contributed by atoms with Gasteiger partial charge in [0.25, 0.3) is 0 Å². The van der Waals surface area contributed by atoms with Crippen molar-refractivity contribution in [2.75, 3.05) is 13.7 Å². The van der Waals surface area contributed by atoms with Crippen molar-refractivity contribution < 1.29 is 9.78 Å². The molecule has 0 aromatic rings. The third-order valence-corrected chi connectivity index (χ3v) is 1.55. The molecule has 4 nitrogen and oxygen atoms in total. The first-order chi connectivity index (χ1) is 6.61. The summed E-state index contributed by atoms with van der Waals surface area (Å²) in [5.74, 6) is 0. The highest BCUT2D eigenvalue weighted by molar-refractivity contribution is 6.69. The average Bonchev–Trinajstić information content (AvgIpc) is 2.14. The molecule has 0 aromatic carbocycles. The highest BCUT2D eigenvalue weighted by atomic mass is 35.5. The molecule has 0 spiro atoms. The molecule has 0 aromatic heterocycles. The van der Waals surface area contributed by atoms with Crippen LogP contribution in [0.3, 0.4) is 0 Å². The number of rotatable bonds is 6. The lowest BCUT2D eigenvalue weighted by molar-refractivity contribution is -0.264. The second-order valence-electron chi connectivity index (χ2n) is 2.39. The minimum absolute atomic E-state index is 0.174. The van der Waals surface area contributed by atoms with Crippen LogP contribution in [0.1, 0.15) is 6.92 Å². The topological polar surface area (TPSA) is 43.2 Å². The largest absolute Gasteiger partial charge is 0.271 e. The molecule has 0 saturated heterocycles. The fourth-order valence-electron chi connectivity index (χ4n) is 0.584. The van der Waals surface area contributed by atoms with Gasteiger partial charge < -0.3 is 0 Å². The molecule has 0 aliphatic rings. The Hall–Kier alpha value is -0.970. The van der Waals surface area contributed by atoms with E-state index in [0.29, 0.717) is 11.3 Å². The zero-order valence-electron chi connectivity index (χ0n) is 8.29. The molecule has 0 unspecified atom stereocenters. The maximum Gasteiger partial charge on any atom is 0.134 e. The summed E-state index contributed by atoms with van der Waals surface area (Å²) in [5.41, 5.74) is 1.17. The van der Waals surface area contributed by atoms with E-state index >= 15 is 0 Å². The van der Waals surface area contributed by atoms with Gasteiger partial charge in [0.15, 0.2) is 0 Å². The predicted molar refractivity (Wildman–Crippen MR) is 58.7 cm³/mol. The van der Waals surface area contributed by atoms with Gasteiger partial charge in [-0.05, 0) is 13.6 Å². The van der Waals surface area contributed by atoms with Crippen LogP contribution in [0.15, 0.2) is 34.0 Å². The van der Waals surface area contributed by atoms with Crippen LogP contribution in [0, 0.1) is 0 Å². The van der Waals surface area contributed by atoms with Gasteiger partial charge in [0.05, 0.1) is 12.8 Å². The fourth-order valence-corrected chi connectivity index (χ4v) is 0.772. The zero-order valence-corrected chi connectivity index (χ0v) is 9.04. The Morgan fingerprint density at radius 1 is 1.57 bits per heavy atom. The molecule has 0 fully saturated rings. The van der Waals surface area contributed by atoms with Crippen molar-refractivity contribution in [3.63, 3.8) is 0 Å². The van der Waals surface area contributed by atoms with Crippen molar-refractivity contribution >= 4 is 23.5 Å². The van der Waals surface area contributed by atoms with Crippen molar-refractivity contribution in [3.05, 3.63) is 24.0 Å². The number of allylic oxidation sites excluding steroid dienone is 1. The van der Waals surface area contributed by atoms with Crippen LogP contribution >= 0.6 is 11.6 Å². The third kappa shape index (κ3) is 5.64. The van der Waals surface area contributed by atoms with E-state index in [0.717, 1.165) is 0 Å². The number of hydrogen-bond acceptors (Lipinski definition) is 4. The molecule has 0 amide bonds. The van der Waals surface area contributed by atoms with Gasteiger partial charge >= 0.3 is 0 Å². The van der Waals surface area contributed by atoms with Crippen LogP contribution in [-0.4, -0.2) is 25.6 Å². The summed E-state index contributed by atoms with van der Waals surface area (Å²) in [6.07, 6.45) is 1.49. The molecule has 0 saturated carbocycles. The number of halogens is 1. The van der Waals surface area contributed by atoms with Gasteiger partial charge in [-0.1, -0.05) is 18.2 Å². The van der Waals surface area contributed by atoms with E-state index in [4.69, 9.17) is 11.6 Å². The molecule has 0 bridgehead atoms. The monoisotopic (exact) mass is 216 g/mol. The minimum Gasteiger partial charge on any atom is -0.271 e. The molecule has 14 heavy (non-hydrogen) atoms. The van der Waals surface area contributed by atoms with E-state index in [2.05, 4.69) is 33.1 Å². The van der Waals surface area contributed by atoms with Gasteiger partial charge in [0, 0.05) is 11.8 Å². The van der Waals surface area contributed by atoms with E-state index in [-0.39, 0.29) is 11.8 Å². The van der Waals surface area contributed by atoms with Crippen LogP contribution in [0.25, 0.3) is 0 Å². The molecule has 0 heterocycles. The number of nitrogens with zero attached hydrogens (tertiary/aromatic N) is 2.